The van der Waals surface area contributed by atoms with Gasteiger partial charge in [0.05, 0.1) is 30.1 Å². The Kier molecular flexibility index (Phi) is 8.40. The van der Waals surface area contributed by atoms with Crippen molar-refractivity contribution in [3.63, 3.8) is 0 Å². The number of primary amides is 1. The fraction of sp³-hybridized carbons (Fsp3) is 0.219. The molecule has 3 aromatic heterocycles. The van der Waals surface area contributed by atoms with E-state index in [1.54, 1.807) is 0 Å². The zero-order valence-electron chi connectivity index (χ0n) is 25.4. The molecule has 0 fully saturated rings. The average Bonchev–Trinajstić information content (AvgIpc) is 3.67. The van der Waals surface area contributed by atoms with Crippen LogP contribution in [0.3, 0.4) is 0 Å². The van der Waals surface area contributed by atoms with Crippen LogP contribution in [0.25, 0.3) is 22.2 Å². The molecule has 4 heterocycles. The van der Waals surface area contributed by atoms with Gasteiger partial charge in [-0.1, -0.05) is 17.7 Å². The number of hydrogen-bond donors (Lipinski definition) is 3. The minimum Gasteiger partial charge on any atom is -0.494 e. The van der Waals surface area contributed by atoms with Gasteiger partial charge in [0.1, 0.15) is 46.4 Å². The minimum atomic E-state index is -2.96. The predicted octanol–water partition coefficient (Wildman–Crippen LogP) is 4.77. The second-order valence-corrected chi connectivity index (χ2v) is 11.8. The fourth-order valence-electron chi connectivity index (χ4n) is 5.46. The van der Waals surface area contributed by atoms with Crippen LogP contribution in [-0.4, -0.2) is 56.9 Å². The molecule has 0 aliphatic carbocycles. The van der Waals surface area contributed by atoms with E-state index in [1.165, 1.54) is 44.4 Å². The molecule has 0 bridgehead atoms. The molecule has 5 aromatic rings. The smallest absolute Gasteiger partial charge is 0.333 e. The van der Waals surface area contributed by atoms with E-state index in [9.17, 15) is 32.3 Å². The first-order valence-corrected chi connectivity index (χ1v) is 14.7. The number of carbonyl (C=O) groups is 2. The monoisotopic (exact) mass is 702 g/mol. The van der Waals surface area contributed by atoms with Gasteiger partial charge in [-0.3, -0.25) is 9.59 Å². The number of nitrogens with one attached hydrogen (secondary N) is 1. The maximum absolute atomic E-state index is 15.3. The fourth-order valence-corrected chi connectivity index (χ4v) is 5.62. The van der Waals surface area contributed by atoms with E-state index in [-0.39, 0.29) is 62.8 Å². The Morgan fingerprint density at radius 3 is 2.57 bits per heavy atom. The summed E-state index contributed by atoms with van der Waals surface area (Å²) in [5, 5.41) is 18.3. The van der Waals surface area contributed by atoms with Crippen molar-refractivity contribution in [2.45, 2.75) is 24.5 Å². The van der Waals surface area contributed by atoms with Gasteiger partial charge in [0.15, 0.2) is 5.60 Å². The lowest BCUT2D eigenvalue weighted by molar-refractivity contribution is -0.123. The summed E-state index contributed by atoms with van der Waals surface area (Å²) >= 11 is 5.97. The van der Waals surface area contributed by atoms with E-state index in [0.717, 1.165) is 18.3 Å². The number of aliphatic hydroxyl groups is 1. The summed E-state index contributed by atoms with van der Waals surface area (Å²) < 4.78 is 81.9. The molecule has 2 aromatic carbocycles. The Hall–Kier alpha value is -5.35. The molecule has 0 saturated carbocycles. The molecule has 2 amide bonds. The number of benzene rings is 2. The molecule has 0 radical (unpaired) electrons. The van der Waals surface area contributed by atoms with Crippen LogP contribution in [-0.2, 0) is 15.8 Å². The van der Waals surface area contributed by atoms with Crippen molar-refractivity contribution in [3.05, 3.63) is 99.8 Å². The van der Waals surface area contributed by atoms with E-state index >= 15 is 4.39 Å². The van der Waals surface area contributed by atoms with Gasteiger partial charge in [-0.25, -0.2) is 23.4 Å². The van der Waals surface area contributed by atoms with Crippen LogP contribution >= 0.6 is 11.6 Å². The third-order valence-electron chi connectivity index (χ3n) is 8.22. The molecule has 0 unspecified atom stereocenters. The van der Waals surface area contributed by atoms with Gasteiger partial charge < -0.3 is 25.6 Å². The van der Waals surface area contributed by atoms with Crippen molar-refractivity contribution in [1.82, 2.24) is 25.1 Å². The molecule has 2 atom stereocenters. The standard InChI is InChI=1S/C32H24ClF5N6O5/c1-31(29(39)46)13-49-27-17(31)9-23(42-26(27)16-8-18(33)20(35)10-19(16)34)32(47,22-4-3-5-24(36)41-22)12-40-28(45)14-6-15-11-44(30(37)38)43-25(15)21(7-14)48-2/h3-11,30,47H,12-13H2,1-2H3,(H2,39,46)(H,40,45)/t31-,32+/m0/s1. The Morgan fingerprint density at radius 1 is 1.14 bits per heavy atom. The molecule has 6 rings (SSSR count). The summed E-state index contributed by atoms with van der Waals surface area (Å²) in [7, 11) is 1.25. The van der Waals surface area contributed by atoms with E-state index < -0.39 is 58.5 Å². The summed E-state index contributed by atoms with van der Waals surface area (Å²) in [5.41, 5.74) is 0.262. The third kappa shape index (κ3) is 5.76. The third-order valence-corrected chi connectivity index (χ3v) is 8.51. The van der Waals surface area contributed by atoms with E-state index in [4.69, 9.17) is 26.8 Å². The number of halogens is 6. The zero-order valence-corrected chi connectivity index (χ0v) is 26.2. The number of methoxy groups -OCH3 is 1. The summed E-state index contributed by atoms with van der Waals surface area (Å²) in [6.45, 7) is -2.60. The Bertz CT molecular complexity index is 2170. The number of ether oxygens (including phenoxy) is 2. The van der Waals surface area contributed by atoms with Crippen LogP contribution in [0.4, 0.5) is 22.0 Å². The molecule has 1 aliphatic heterocycles. The normalized spacial score (nSPS) is 16.7. The van der Waals surface area contributed by atoms with Crippen molar-refractivity contribution in [3.8, 4) is 22.8 Å². The van der Waals surface area contributed by atoms with Crippen molar-refractivity contribution in [1.29, 1.82) is 0 Å². The number of nitrogens with two attached hydrogens (primary N) is 1. The van der Waals surface area contributed by atoms with Gasteiger partial charge in [0.25, 0.3) is 5.91 Å². The second-order valence-electron chi connectivity index (χ2n) is 11.4. The van der Waals surface area contributed by atoms with Crippen LogP contribution in [0, 0.1) is 17.6 Å². The molecular weight excluding hydrogens is 679 g/mol. The van der Waals surface area contributed by atoms with Gasteiger partial charge in [0.2, 0.25) is 11.9 Å². The Morgan fingerprint density at radius 2 is 1.90 bits per heavy atom. The van der Waals surface area contributed by atoms with Gasteiger partial charge in [-0.15, -0.1) is 0 Å². The minimum absolute atomic E-state index is 0.000220. The summed E-state index contributed by atoms with van der Waals surface area (Å²) in [6, 6.07) is 8.64. The quantitative estimate of drug-likeness (QED) is 0.113. The highest BCUT2D eigenvalue weighted by Gasteiger charge is 2.46. The number of nitrogens with zero attached hydrogens (tertiary/aromatic N) is 4. The van der Waals surface area contributed by atoms with Crippen molar-refractivity contribution in [2.75, 3.05) is 20.3 Å². The molecule has 49 heavy (non-hydrogen) atoms. The molecule has 0 spiro atoms. The second kappa shape index (κ2) is 12.3. The maximum Gasteiger partial charge on any atom is 0.333 e. The molecule has 17 heteroatoms. The van der Waals surface area contributed by atoms with Gasteiger partial charge >= 0.3 is 6.55 Å². The topological polar surface area (TPSA) is 154 Å². The lowest BCUT2D eigenvalue weighted by atomic mass is 9.81. The number of aromatic nitrogens is 4. The van der Waals surface area contributed by atoms with Crippen molar-refractivity contribution in [2.24, 2.45) is 5.73 Å². The molecule has 11 nitrogen and oxygen atoms in total. The predicted molar refractivity (Wildman–Crippen MR) is 164 cm³/mol. The van der Waals surface area contributed by atoms with Gasteiger partial charge in [-0.2, -0.15) is 18.3 Å². The number of fused-ring (bicyclic) bond motifs is 2. The lowest BCUT2D eigenvalue weighted by Crippen LogP contribution is -2.44. The Labute approximate surface area is 278 Å². The van der Waals surface area contributed by atoms with Crippen LogP contribution < -0.4 is 20.5 Å². The number of amides is 2. The van der Waals surface area contributed by atoms with E-state index in [2.05, 4.69) is 20.4 Å². The van der Waals surface area contributed by atoms with E-state index in [1.807, 2.05) is 0 Å². The van der Waals surface area contributed by atoms with Gasteiger partial charge in [0, 0.05) is 34.3 Å². The number of carbonyl (C=O) groups excluding carboxylic acids is 2. The van der Waals surface area contributed by atoms with Gasteiger partial charge in [-0.05, 0) is 43.3 Å². The average molecular weight is 703 g/mol. The lowest BCUT2D eigenvalue weighted by Gasteiger charge is -2.29. The van der Waals surface area contributed by atoms with Crippen LogP contribution in [0.5, 0.6) is 11.5 Å². The molecule has 1 aliphatic rings. The molecule has 254 valence electrons. The highest BCUT2D eigenvalue weighted by Crippen LogP contribution is 2.47. The highest BCUT2D eigenvalue weighted by molar-refractivity contribution is 6.31. The molecular formula is C32H24ClF5N6O5. The first kappa shape index (κ1) is 33.5. The largest absolute Gasteiger partial charge is 0.494 e. The first-order chi connectivity index (χ1) is 23.2. The molecule has 4 N–H and O–H groups in total. The van der Waals surface area contributed by atoms with Crippen LogP contribution in [0.15, 0.2) is 54.7 Å². The maximum atomic E-state index is 15.3. The summed E-state index contributed by atoms with van der Waals surface area (Å²) in [4.78, 5) is 34.4. The SMILES string of the molecule is COc1cc(C(=O)NC[C@@](O)(c2cccc(F)n2)c2cc3c(c(-c4cc(Cl)c(F)cc4F)n2)OC[C@]3(C)C(N)=O)cc2cn(C(F)F)nc12. The summed E-state index contributed by atoms with van der Waals surface area (Å²) in [5.74, 6) is -5.02. The number of alkyl halides is 2. The number of hydrogen-bond acceptors (Lipinski definition) is 8. The summed E-state index contributed by atoms with van der Waals surface area (Å²) in [6.07, 6.45) is 1.01. The van der Waals surface area contributed by atoms with Crippen molar-refractivity contribution >= 4 is 34.3 Å². The molecule has 0 saturated heterocycles. The van der Waals surface area contributed by atoms with Crippen LogP contribution in [0.2, 0.25) is 5.02 Å². The zero-order chi connectivity index (χ0) is 35.4. The van der Waals surface area contributed by atoms with Crippen LogP contribution in [0.1, 0.15) is 40.8 Å². The number of rotatable bonds is 9. The Balaban J connectivity index is 1.50. The first-order valence-electron chi connectivity index (χ1n) is 14.3. The highest BCUT2D eigenvalue weighted by atomic mass is 35.5. The number of pyridine rings is 2. The van der Waals surface area contributed by atoms with Crippen molar-refractivity contribution < 1.29 is 46.1 Å². The van der Waals surface area contributed by atoms with E-state index in [0.29, 0.717) is 10.7 Å².